The van der Waals surface area contributed by atoms with Crippen molar-refractivity contribution in [2.75, 3.05) is 36.2 Å². The van der Waals surface area contributed by atoms with Crippen molar-refractivity contribution in [1.29, 1.82) is 0 Å². The van der Waals surface area contributed by atoms with Crippen molar-refractivity contribution in [3.63, 3.8) is 0 Å². The van der Waals surface area contributed by atoms with E-state index >= 15 is 0 Å². The first-order valence-electron chi connectivity index (χ1n) is 5.60. The molecule has 96 valence electrons. The number of nitrogens with one attached hydrogen (secondary N) is 1. The maximum atomic E-state index is 11.6. The van der Waals surface area contributed by atoms with Gasteiger partial charge >= 0.3 is 0 Å². The van der Waals surface area contributed by atoms with Gasteiger partial charge < -0.3 is 15.6 Å². The highest BCUT2D eigenvalue weighted by molar-refractivity contribution is 7.98. The van der Waals surface area contributed by atoms with Gasteiger partial charge in [0.25, 0.3) is 5.56 Å². The number of anilines is 2. The number of H-pyrrole nitrogens is 1. The Morgan fingerprint density at radius 2 is 2.28 bits per heavy atom. The molecule has 3 N–H and O–H groups in total. The highest BCUT2D eigenvalue weighted by Crippen LogP contribution is 2.25. The number of hydrogen-bond donors (Lipinski definition) is 2. The molecule has 1 heterocycles. The summed E-state index contributed by atoms with van der Waals surface area (Å²) in [7, 11) is 1.99. The summed E-state index contributed by atoms with van der Waals surface area (Å²) in [4.78, 5) is 20.4. The van der Waals surface area contributed by atoms with Crippen molar-refractivity contribution in [3.8, 4) is 0 Å². The van der Waals surface area contributed by atoms with Gasteiger partial charge in [0.1, 0.15) is 0 Å². The minimum Gasteiger partial charge on any atom is -0.397 e. The molecule has 2 rings (SSSR count). The van der Waals surface area contributed by atoms with Crippen LogP contribution in [0.2, 0.25) is 0 Å². The first-order chi connectivity index (χ1) is 8.63. The van der Waals surface area contributed by atoms with Gasteiger partial charge in [-0.15, -0.1) is 0 Å². The third kappa shape index (κ3) is 2.43. The van der Waals surface area contributed by atoms with Crippen LogP contribution in [0.3, 0.4) is 0 Å². The lowest BCUT2D eigenvalue weighted by molar-refractivity contribution is 0.980. The Labute approximate surface area is 109 Å². The minimum atomic E-state index is -0.162. The third-order valence-corrected chi connectivity index (χ3v) is 3.42. The first kappa shape index (κ1) is 12.8. The number of rotatable bonds is 4. The van der Waals surface area contributed by atoms with Crippen molar-refractivity contribution in [3.05, 3.63) is 28.8 Å². The van der Waals surface area contributed by atoms with Crippen LogP contribution in [0.1, 0.15) is 0 Å². The van der Waals surface area contributed by atoms with Crippen LogP contribution in [0, 0.1) is 0 Å². The van der Waals surface area contributed by atoms with Crippen LogP contribution in [-0.2, 0) is 0 Å². The smallest absolute Gasteiger partial charge is 0.258 e. The molecule has 18 heavy (non-hydrogen) atoms. The molecule has 0 aliphatic carbocycles. The average Bonchev–Trinajstić information content (AvgIpc) is 2.36. The fraction of sp³-hybridized carbons (Fsp3) is 0.333. The highest BCUT2D eigenvalue weighted by Gasteiger charge is 2.09. The van der Waals surface area contributed by atoms with Gasteiger partial charge in [0, 0.05) is 19.3 Å². The monoisotopic (exact) mass is 264 g/mol. The summed E-state index contributed by atoms with van der Waals surface area (Å²) < 4.78 is 0. The second kappa shape index (κ2) is 5.30. The summed E-state index contributed by atoms with van der Waals surface area (Å²) >= 11 is 1.78. The Hall–Kier alpha value is -1.69. The number of nitrogen functional groups attached to an aromatic ring is 1. The molecule has 0 radical (unpaired) electrons. The average molecular weight is 264 g/mol. The Morgan fingerprint density at radius 1 is 1.50 bits per heavy atom. The van der Waals surface area contributed by atoms with E-state index in [1.807, 2.05) is 13.1 Å². The Bertz CT molecular complexity index is 611. The van der Waals surface area contributed by atoms with E-state index in [1.165, 1.54) is 6.33 Å². The van der Waals surface area contributed by atoms with E-state index in [0.717, 1.165) is 18.0 Å². The summed E-state index contributed by atoms with van der Waals surface area (Å²) in [6, 6.07) is 3.55. The third-order valence-electron chi connectivity index (χ3n) is 2.83. The van der Waals surface area contributed by atoms with Crippen LogP contribution in [0.4, 0.5) is 11.4 Å². The number of nitrogens with zero attached hydrogens (tertiary/aromatic N) is 2. The SMILES string of the molecule is CSCCN(C)c1cc2nc[nH]c(=O)c2cc1N. The van der Waals surface area contributed by atoms with Gasteiger partial charge in [0.15, 0.2) is 0 Å². The molecule has 0 amide bonds. The molecule has 6 heteroatoms. The van der Waals surface area contributed by atoms with E-state index in [4.69, 9.17) is 5.73 Å². The van der Waals surface area contributed by atoms with Crippen molar-refractivity contribution >= 4 is 34.0 Å². The van der Waals surface area contributed by atoms with E-state index in [9.17, 15) is 4.79 Å². The molecule has 0 fully saturated rings. The van der Waals surface area contributed by atoms with Gasteiger partial charge in [-0.1, -0.05) is 0 Å². The van der Waals surface area contributed by atoms with Crippen LogP contribution in [0.15, 0.2) is 23.3 Å². The van der Waals surface area contributed by atoms with Crippen molar-refractivity contribution in [2.45, 2.75) is 0 Å². The lowest BCUT2D eigenvalue weighted by Gasteiger charge is -2.20. The highest BCUT2D eigenvalue weighted by atomic mass is 32.2. The molecule has 1 aromatic carbocycles. The fourth-order valence-electron chi connectivity index (χ4n) is 1.80. The van der Waals surface area contributed by atoms with Gasteiger partial charge in [-0.25, -0.2) is 4.98 Å². The standard InChI is InChI=1S/C12H16N4OS/c1-16(3-4-18-2)11-6-10-8(5-9(11)13)12(17)15-7-14-10/h5-7H,3-4,13H2,1-2H3,(H,14,15,17). The van der Waals surface area contributed by atoms with Crippen molar-refractivity contribution in [1.82, 2.24) is 9.97 Å². The topological polar surface area (TPSA) is 75.0 Å². The number of thioether (sulfide) groups is 1. The molecule has 1 aromatic heterocycles. The van der Waals surface area contributed by atoms with Crippen molar-refractivity contribution in [2.24, 2.45) is 0 Å². The summed E-state index contributed by atoms with van der Waals surface area (Å²) in [5.41, 5.74) is 8.02. The molecule has 0 saturated heterocycles. The summed E-state index contributed by atoms with van der Waals surface area (Å²) in [6.07, 6.45) is 3.48. The normalized spacial score (nSPS) is 10.8. The summed E-state index contributed by atoms with van der Waals surface area (Å²) in [5, 5.41) is 0.525. The molecular weight excluding hydrogens is 248 g/mol. The van der Waals surface area contributed by atoms with E-state index in [0.29, 0.717) is 16.6 Å². The summed E-state index contributed by atoms with van der Waals surface area (Å²) in [5.74, 6) is 1.02. The van der Waals surface area contributed by atoms with Gasteiger partial charge in [0.2, 0.25) is 0 Å². The minimum absolute atomic E-state index is 0.162. The maximum absolute atomic E-state index is 11.6. The number of benzene rings is 1. The summed E-state index contributed by atoms with van der Waals surface area (Å²) in [6.45, 7) is 0.903. The fourth-order valence-corrected chi connectivity index (χ4v) is 2.26. The van der Waals surface area contributed by atoms with Gasteiger partial charge in [-0.3, -0.25) is 4.79 Å². The second-order valence-corrected chi connectivity index (χ2v) is 5.06. The molecular formula is C12H16N4OS. The van der Waals surface area contributed by atoms with E-state index in [-0.39, 0.29) is 5.56 Å². The van der Waals surface area contributed by atoms with Gasteiger partial charge in [0.05, 0.1) is 28.6 Å². The quantitative estimate of drug-likeness (QED) is 0.814. The van der Waals surface area contributed by atoms with E-state index in [1.54, 1.807) is 17.8 Å². The maximum Gasteiger partial charge on any atom is 0.258 e. The molecule has 0 bridgehead atoms. The molecule has 0 saturated carbocycles. The van der Waals surface area contributed by atoms with Crippen LogP contribution in [0.5, 0.6) is 0 Å². The lowest BCUT2D eigenvalue weighted by Crippen LogP contribution is -2.21. The van der Waals surface area contributed by atoms with Crippen LogP contribution >= 0.6 is 11.8 Å². The zero-order chi connectivity index (χ0) is 13.1. The second-order valence-electron chi connectivity index (χ2n) is 4.07. The van der Waals surface area contributed by atoms with E-state index in [2.05, 4.69) is 21.1 Å². The number of nitrogens with two attached hydrogens (primary N) is 1. The predicted molar refractivity (Wildman–Crippen MR) is 78.4 cm³/mol. The Balaban J connectivity index is 2.46. The largest absolute Gasteiger partial charge is 0.397 e. The van der Waals surface area contributed by atoms with Gasteiger partial charge in [-0.05, 0) is 18.4 Å². The van der Waals surface area contributed by atoms with Crippen LogP contribution < -0.4 is 16.2 Å². The van der Waals surface area contributed by atoms with Gasteiger partial charge in [-0.2, -0.15) is 11.8 Å². The molecule has 0 unspecified atom stereocenters. The molecule has 5 nitrogen and oxygen atoms in total. The first-order valence-corrected chi connectivity index (χ1v) is 7.00. The molecule has 0 aliphatic heterocycles. The predicted octanol–water partition coefficient (Wildman–Crippen LogP) is 1.30. The van der Waals surface area contributed by atoms with Crippen molar-refractivity contribution < 1.29 is 0 Å². The lowest BCUT2D eigenvalue weighted by atomic mass is 10.2. The molecule has 0 atom stereocenters. The molecule has 0 aliphatic rings. The molecule has 2 aromatic rings. The van der Waals surface area contributed by atoms with Crippen LogP contribution in [-0.4, -0.2) is 35.6 Å². The zero-order valence-corrected chi connectivity index (χ0v) is 11.3. The molecule has 0 spiro atoms. The van der Waals surface area contributed by atoms with Crippen LogP contribution in [0.25, 0.3) is 10.9 Å². The zero-order valence-electron chi connectivity index (χ0n) is 10.4. The number of hydrogen-bond acceptors (Lipinski definition) is 5. The van der Waals surface area contributed by atoms with E-state index < -0.39 is 0 Å². The Kier molecular flexibility index (Phi) is 3.76. The number of aromatic amines is 1. The number of aromatic nitrogens is 2. The number of fused-ring (bicyclic) bond motifs is 1. The Morgan fingerprint density at radius 3 is 3.00 bits per heavy atom.